The third-order valence-corrected chi connectivity index (χ3v) is 11.3. The Morgan fingerprint density at radius 2 is 1.04 bits per heavy atom. The molecule has 0 spiro atoms. The van der Waals surface area contributed by atoms with Gasteiger partial charge in [-0.1, -0.05) is 48.5 Å². The number of rotatable bonds is 2. The van der Waals surface area contributed by atoms with Gasteiger partial charge in [0.25, 0.3) is 0 Å². The van der Waals surface area contributed by atoms with Crippen LogP contribution in [0.3, 0.4) is 0 Å². The number of furan rings is 1. The van der Waals surface area contributed by atoms with Gasteiger partial charge in [-0.05, 0) is 84.9 Å². The maximum Gasteiger partial charge on any atom is 0.135 e. The zero-order chi connectivity index (χ0) is 33.1. The fourth-order valence-corrected chi connectivity index (χ4v) is 9.21. The van der Waals surface area contributed by atoms with Gasteiger partial charge in [-0.25, -0.2) is 0 Å². The second-order valence-electron chi connectivity index (χ2n) is 12.8. The van der Waals surface area contributed by atoms with Crippen LogP contribution in [0.1, 0.15) is 11.1 Å². The summed E-state index contributed by atoms with van der Waals surface area (Å²) in [6, 6.07) is 50.7. The first-order valence-electron chi connectivity index (χ1n) is 16.4. The van der Waals surface area contributed by atoms with Crippen LogP contribution in [0.4, 0.5) is 0 Å². The Labute approximate surface area is 288 Å². The maximum atomic E-state index is 9.66. The van der Waals surface area contributed by atoms with E-state index in [1.54, 1.807) is 0 Å². The minimum absolute atomic E-state index is 0.584. The molecule has 0 amide bonds. The van der Waals surface area contributed by atoms with E-state index in [1.165, 1.54) is 42.0 Å². The number of fused-ring (bicyclic) bond motifs is 13. The Morgan fingerprint density at radius 1 is 0.460 bits per heavy atom. The fourth-order valence-electron chi connectivity index (χ4n) is 7.97. The number of benzene rings is 7. The third kappa shape index (κ3) is 3.58. The number of aromatic nitrogens is 2. The van der Waals surface area contributed by atoms with Crippen molar-refractivity contribution in [2.45, 2.75) is 0 Å². The van der Waals surface area contributed by atoms with E-state index in [2.05, 4.69) is 112 Å². The molecule has 0 N–H and O–H groups in total. The minimum Gasteiger partial charge on any atom is -0.456 e. The van der Waals surface area contributed by atoms with Crippen molar-refractivity contribution in [1.29, 1.82) is 10.5 Å². The lowest BCUT2D eigenvalue weighted by molar-refractivity contribution is 0.669. The van der Waals surface area contributed by atoms with Gasteiger partial charge >= 0.3 is 0 Å². The van der Waals surface area contributed by atoms with E-state index in [9.17, 15) is 10.5 Å². The molecule has 0 bridgehead atoms. The van der Waals surface area contributed by atoms with Crippen LogP contribution in [0, 0.1) is 22.7 Å². The van der Waals surface area contributed by atoms with E-state index in [0.717, 1.165) is 55.1 Å². The molecular formula is C44H22N4OS. The molecule has 4 aromatic heterocycles. The summed E-state index contributed by atoms with van der Waals surface area (Å²) in [6.45, 7) is 0. The highest BCUT2D eigenvalue weighted by Crippen LogP contribution is 2.44. The number of nitrogens with zero attached hydrogens (tertiary/aromatic N) is 4. The first-order valence-corrected chi connectivity index (χ1v) is 17.2. The van der Waals surface area contributed by atoms with Crippen molar-refractivity contribution < 1.29 is 4.42 Å². The lowest BCUT2D eigenvalue weighted by Crippen LogP contribution is -1.94. The van der Waals surface area contributed by atoms with Gasteiger partial charge in [0.15, 0.2) is 0 Å². The molecule has 7 aromatic carbocycles. The van der Waals surface area contributed by atoms with E-state index in [4.69, 9.17) is 4.42 Å². The smallest absolute Gasteiger partial charge is 0.135 e. The predicted octanol–water partition coefficient (Wildman–Crippen LogP) is 11.9. The van der Waals surface area contributed by atoms with E-state index >= 15 is 0 Å². The number of para-hydroxylation sites is 1. The Morgan fingerprint density at radius 3 is 1.72 bits per heavy atom. The van der Waals surface area contributed by atoms with Gasteiger partial charge in [0.1, 0.15) is 11.2 Å². The van der Waals surface area contributed by atoms with Gasteiger partial charge in [0.05, 0.1) is 50.0 Å². The first kappa shape index (κ1) is 27.1. The molecule has 0 radical (unpaired) electrons. The van der Waals surface area contributed by atoms with Crippen LogP contribution in [-0.4, -0.2) is 9.13 Å². The van der Waals surface area contributed by atoms with Gasteiger partial charge in [0, 0.05) is 59.2 Å². The van der Waals surface area contributed by atoms with Crippen molar-refractivity contribution in [2.75, 3.05) is 0 Å². The molecule has 0 atom stereocenters. The minimum atomic E-state index is 0.584. The molecule has 230 valence electrons. The molecule has 5 nitrogen and oxygen atoms in total. The second kappa shape index (κ2) is 9.84. The molecule has 0 aliphatic carbocycles. The van der Waals surface area contributed by atoms with Gasteiger partial charge in [0.2, 0.25) is 0 Å². The SMILES string of the molecule is N#Cc1ccc2c(c1)c1cc(C#N)ccc1n2-c1ccc2oc3ccc(-n4c5ccccc5c5ccc6c7ccccc7sc6c54)cc3c2c1. The number of nitriles is 2. The zero-order valence-electron chi connectivity index (χ0n) is 26.3. The molecule has 0 saturated carbocycles. The van der Waals surface area contributed by atoms with E-state index in [-0.39, 0.29) is 0 Å². The molecule has 6 heteroatoms. The molecule has 11 rings (SSSR count). The average Bonchev–Trinajstić information content (AvgIpc) is 3.91. The van der Waals surface area contributed by atoms with Crippen molar-refractivity contribution in [3.05, 3.63) is 145 Å². The molecule has 0 saturated heterocycles. The molecule has 11 aromatic rings. The normalized spacial score (nSPS) is 12.0. The monoisotopic (exact) mass is 654 g/mol. The van der Waals surface area contributed by atoms with E-state index in [1.807, 2.05) is 53.8 Å². The lowest BCUT2D eigenvalue weighted by Gasteiger charge is -2.09. The molecule has 4 heterocycles. The van der Waals surface area contributed by atoms with Gasteiger partial charge < -0.3 is 13.6 Å². The van der Waals surface area contributed by atoms with Crippen molar-refractivity contribution in [1.82, 2.24) is 9.13 Å². The molecule has 0 unspecified atom stereocenters. The van der Waals surface area contributed by atoms with Crippen LogP contribution >= 0.6 is 11.3 Å². The summed E-state index contributed by atoms with van der Waals surface area (Å²) in [5.74, 6) is 0. The average molecular weight is 655 g/mol. The lowest BCUT2D eigenvalue weighted by atomic mass is 10.1. The van der Waals surface area contributed by atoms with Crippen LogP contribution in [0.25, 0.3) is 97.1 Å². The third-order valence-electron chi connectivity index (χ3n) is 10.2. The summed E-state index contributed by atoms with van der Waals surface area (Å²) in [6.07, 6.45) is 0. The Balaban J connectivity index is 1.19. The summed E-state index contributed by atoms with van der Waals surface area (Å²) in [4.78, 5) is 0. The largest absolute Gasteiger partial charge is 0.456 e. The summed E-state index contributed by atoms with van der Waals surface area (Å²) in [5.41, 5.74) is 9.19. The van der Waals surface area contributed by atoms with Crippen LogP contribution in [0.15, 0.2) is 138 Å². The highest BCUT2D eigenvalue weighted by atomic mass is 32.1. The number of thiophene rings is 1. The topological polar surface area (TPSA) is 70.6 Å². The van der Waals surface area contributed by atoms with Crippen LogP contribution in [-0.2, 0) is 0 Å². The zero-order valence-corrected chi connectivity index (χ0v) is 27.1. The van der Waals surface area contributed by atoms with Crippen molar-refractivity contribution in [3.63, 3.8) is 0 Å². The van der Waals surface area contributed by atoms with Gasteiger partial charge in [-0.15, -0.1) is 11.3 Å². The summed E-state index contributed by atoms with van der Waals surface area (Å²) in [5, 5.41) is 28.3. The Hall–Kier alpha value is -6.86. The summed E-state index contributed by atoms with van der Waals surface area (Å²) in [7, 11) is 0. The predicted molar refractivity (Wildman–Crippen MR) is 205 cm³/mol. The van der Waals surface area contributed by atoms with Crippen LogP contribution in [0.2, 0.25) is 0 Å². The van der Waals surface area contributed by atoms with Crippen molar-refractivity contribution >= 4 is 97.1 Å². The molecule has 50 heavy (non-hydrogen) atoms. The Kier molecular flexibility index (Phi) is 5.34. The molecular weight excluding hydrogens is 633 g/mol. The van der Waals surface area contributed by atoms with Crippen molar-refractivity contribution in [2.24, 2.45) is 0 Å². The van der Waals surface area contributed by atoms with E-state index in [0.29, 0.717) is 11.1 Å². The van der Waals surface area contributed by atoms with Crippen molar-refractivity contribution in [3.8, 4) is 23.5 Å². The highest BCUT2D eigenvalue weighted by Gasteiger charge is 2.20. The number of hydrogen-bond donors (Lipinski definition) is 0. The Bertz CT molecular complexity index is 3290. The fraction of sp³-hybridized carbons (Fsp3) is 0. The van der Waals surface area contributed by atoms with Gasteiger partial charge in [-0.2, -0.15) is 10.5 Å². The second-order valence-corrected chi connectivity index (χ2v) is 13.8. The number of hydrogen-bond acceptors (Lipinski definition) is 4. The standard InChI is InChI=1S/C44H22N4OS/c45-23-25-9-15-38-33(19-25)34-20-26(24-46)10-16-39(34)47(38)27-11-17-40-35(21-27)36-22-28(12-18-41(36)49-40)48-37-7-3-1-5-29(37)31-13-14-32-30-6-2-4-8-42(30)50-44(32)43(31)48/h1-22H. The highest BCUT2D eigenvalue weighted by molar-refractivity contribution is 7.26. The molecule has 0 aliphatic heterocycles. The van der Waals surface area contributed by atoms with Gasteiger partial charge in [-0.3, -0.25) is 0 Å². The van der Waals surface area contributed by atoms with Crippen LogP contribution < -0.4 is 0 Å². The maximum absolute atomic E-state index is 9.66. The van der Waals surface area contributed by atoms with E-state index < -0.39 is 0 Å². The van der Waals surface area contributed by atoms with Crippen LogP contribution in [0.5, 0.6) is 0 Å². The summed E-state index contributed by atoms with van der Waals surface area (Å²) < 4.78 is 13.6. The molecule has 0 fully saturated rings. The quantitative estimate of drug-likeness (QED) is 0.186. The molecule has 0 aliphatic rings. The first-order chi connectivity index (χ1) is 24.7. The summed E-state index contributed by atoms with van der Waals surface area (Å²) >= 11 is 1.85.